The Hall–Kier alpha value is -0.990. The van der Waals surface area contributed by atoms with E-state index in [1.54, 1.807) is 0 Å². The van der Waals surface area contributed by atoms with Gasteiger partial charge in [-0.25, -0.2) is 0 Å². The summed E-state index contributed by atoms with van der Waals surface area (Å²) in [5, 5.41) is 10.0. The minimum Gasteiger partial charge on any atom is -0.395 e. The molecule has 1 aromatic carbocycles. The van der Waals surface area contributed by atoms with Crippen LogP contribution < -0.4 is 0 Å². The van der Waals surface area contributed by atoms with Gasteiger partial charge in [-0.3, -0.25) is 14.6 Å². The van der Waals surface area contributed by atoms with Crippen molar-refractivity contribution in [1.82, 2.24) is 14.7 Å². The number of fused-ring (bicyclic) bond motifs is 1. The van der Waals surface area contributed by atoms with E-state index in [9.17, 15) is 9.90 Å². The lowest BCUT2D eigenvalue weighted by Crippen LogP contribution is -2.68. The Morgan fingerprint density at radius 3 is 2.54 bits per heavy atom. The van der Waals surface area contributed by atoms with Gasteiger partial charge in [0.15, 0.2) is 0 Å². The van der Waals surface area contributed by atoms with E-state index in [1.165, 1.54) is 5.56 Å². The summed E-state index contributed by atoms with van der Waals surface area (Å²) < 4.78 is 6.46. The summed E-state index contributed by atoms with van der Waals surface area (Å²) in [4.78, 5) is 19.7. The molecule has 0 radical (unpaired) electrons. The standard InChI is InChI=1S/C21H30BrN3O3/c22-17-5-3-16(4-6-17)21-18-13-24(7-1-2-8-25(18)19(21)15-26)20(27)14-23-9-11-28-12-10-23/h3-6,18-19,21,26H,1-2,7-15H2/t18-,19+,21-/m1/s1. The molecule has 0 spiro atoms. The lowest BCUT2D eigenvalue weighted by atomic mass is 9.74. The fourth-order valence-corrected chi connectivity index (χ4v) is 5.17. The molecule has 1 amide bonds. The van der Waals surface area contributed by atoms with Gasteiger partial charge in [0, 0.05) is 48.7 Å². The zero-order valence-corrected chi connectivity index (χ0v) is 17.9. The number of carbonyl (C=O) groups is 1. The van der Waals surface area contributed by atoms with Crippen LogP contribution in [0.4, 0.5) is 0 Å². The second-order valence-electron chi connectivity index (χ2n) is 8.07. The summed E-state index contributed by atoms with van der Waals surface area (Å²) >= 11 is 3.51. The Bertz CT molecular complexity index is 665. The van der Waals surface area contributed by atoms with E-state index in [1.807, 2.05) is 0 Å². The van der Waals surface area contributed by atoms with E-state index in [4.69, 9.17) is 4.74 Å². The number of hydrogen-bond acceptors (Lipinski definition) is 5. The Morgan fingerprint density at radius 2 is 1.82 bits per heavy atom. The molecule has 0 bridgehead atoms. The van der Waals surface area contributed by atoms with Crippen LogP contribution in [0.15, 0.2) is 28.7 Å². The van der Waals surface area contributed by atoms with E-state index in [2.05, 4.69) is 54.9 Å². The van der Waals surface area contributed by atoms with Gasteiger partial charge in [-0.1, -0.05) is 28.1 Å². The Morgan fingerprint density at radius 1 is 1.11 bits per heavy atom. The molecule has 1 N–H and O–H groups in total. The first-order valence-electron chi connectivity index (χ1n) is 10.4. The monoisotopic (exact) mass is 451 g/mol. The van der Waals surface area contributed by atoms with Crippen LogP contribution in [0.3, 0.4) is 0 Å². The number of morpholine rings is 1. The van der Waals surface area contributed by atoms with Gasteiger partial charge in [0.2, 0.25) is 5.91 Å². The lowest BCUT2D eigenvalue weighted by Gasteiger charge is -2.57. The number of hydrogen-bond donors (Lipinski definition) is 1. The number of nitrogens with zero attached hydrogens (tertiary/aromatic N) is 3. The fourth-order valence-electron chi connectivity index (χ4n) is 4.90. The molecular formula is C21H30BrN3O3. The molecule has 3 atom stereocenters. The molecule has 28 heavy (non-hydrogen) atoms. The van der Waals surface area contributed by atoms with Crippen molar-refractivity contribution in [3.63, 3.8) is 0 Å². The van der Waals surface area contributed by atoms with Crippen LogP contribution in [-0.2, 0) is 9.53 Å². The van der Waals surface area contributed by atoms with Gasteiger partial charge in [-0.05, 0) is 37.1 Å². The topological polar surface area (TPSA) is 56.2 Å². The molecule has 3 aliphatic rings. The number of amides is 1. The second-order valence-corrected chi connectivity index (χ2v) is 8.98. The molecule has 0 unspecified atom stereocenters. The predicted octanol–water partition coefficient (Wildman–Crippen LogP) is 1.53. The smallest absolute Gasteiger partial charge is 0.236 e. The third-order valence-corrected chi connectivity index (χ3v) is 6.97. The van der Waals surface area contributed by atoms with Crippen LogP contribution in [0.5, 0.6) is 0 Å². The predicted molar refractivity (Wildman–Crippen MR) is 111 cm³/mol. The maximum Gasteiger partial charge on any atom is 0.236 e. The quantitative estimate of drug-likeness (QED) is 0.751. The molecule has 3 aliphatic heterocycles. The number of carbonyl (C=O) groups excluding carboxylic acids is 1. The van der Waals surface area contributed by atoms with E-state index < -0.39 is 0 Å². The number of aliphatic hydroxyl groups is 1. The summed E-state index contributed by atoms with van der Waals surface area (Å²) in [6.07, 6.45) is 2.10. The molecule has 1 aromatic rings. The molecule has 7 heteroatoms. The molecule has 0 aliphatic carbocycles. The van der Waals surface area contributed by atoms with Crippen molar-refractivity contribution in [2.45, 2.75) is 30.8 Å². The number of rotatable bonds is 4. The van der Waals surface area contributed by atoms with Gasteiger partial charge in [-0.15, -0.1) is 0 Å². The summed E-state index contributed by atoms with van der Waals surface area (Å²) in [7, 11) is 0. The van der Waals surface area contributed by atoms with Crippen molar-refractivity contribution in [3.05, 3.63) is 34.3 Å². The van der Waals surface area contributed by atoms with Gasteiger partial charge in [0.25, 0.3) is 0 Å². The largest absolute Gasteiger partial charge is 0.395 e. The van der Waals surface area contributed by atoms with E-state index in [0.29, 0.717) is 19.8 Å². The number of halogens is 1. The first-order chi connectivity index (χ1) is 13.7. The highest BCUT2D eigenvalue weighted by Crippen LogP contribution is 2.42. The molecule has 0 aromatic heterocycles. The summed E-state index contributed by atoms with van der Waals surface area (Å²) in [6, 6.07) is 8.86. The maximum atomic E-state index is 13.0. The summed E-state index contributed by atoms with van der Waals surface area (Å²) in [5.41, 5.74) is 1.25. The SMILES string of the molecule is O=C(CN1CCOCC1)N1CCCCN2[C@H](C1)[C@@H](c1ccc(Br)cc1)[C@@H]2CO. The van der Waals surface area contributed by atoms with Crippen molar-refractivity contribution < 1.29 is 14.6 Å². The molecule has 4 rings (SSSR count). The number of aliphatic hydroxyl groups excluding tert-OH is 1. The zero-order chi connectivity index (χ0) is 19.5. The molecule has 6 nitrogen and oxygen atoms in total. The van der Waals surface area contributed by atoms with Crippen LogP contribution in [0.1, 0.15) is 24.3 Å². The average molecular weight is 452 g/mol. The van der Waals surface area contributed by atoms with Crippen molar-refractivity contribution in [2.75, 3.05) is 59.1 Å². The van der Waals surface area contributed by atoms with Crippen molar-refractivity contribution >= 4 is 21.8 Å². The van der Waals surface area contributed by atoms with Crippen LogP contribution in [0.2, 0.25) is 0 Å². The van der Waals surface area contributed by atoms with Crippen LogP contribution in [-0.4, -0.2) is 96.9 Å². The third-order valence-electron chi connectivity index (χ3n) is 6.44. The summed E-state index contributed by atoms with van der Waals surface area (Å²) in [5.74, 6) is 0.501. The zero-order valence-electron chi connectivity index (χ0n) is 16.3. The minimum absolute atomic E-state index is 0.153. The minimum atomic E-state index is 0.153. The molecule has 3 saturated heterocycles. The Kier molecular flexibility index (Phi) is 6.68. The van der Waals surface area contributed by atoms with Crippen molar-refractivity contribution in [1.29, 1.82) is 0 Å². The maximum absolute atomic E-state index is 13.0. The first-order valence-corrected chi connectivity index (χ1v) is 11.2. The van der Waals surface area contributed by atoms with E-state index in [-0.39, 0.29) is 30.5 Å². The van der Waals surface area contributed by atoms with Crippen molar-refractivity contribution in [2.24, 2.45) is 0 Å². The van der Waals surface area contributed by atoms with Crippen LogP contribution in [0.25, 0.3) is 0 Å². The normalized spacial score (nSPS) is 29.5. The second kappa shape index (κ2) is 9.22. The molecular weight excluding hydrogens is 422 g/mol. The van der Waals surface area contributed by atoms with Crippen LogP contribution >= 0.6 is 15.9 Å². The highest BCUT2D eigenvalue weighted by Gasteiger charge is 2.49. The highest BCUT2D eigenvalue weighted by molar-refractivity contribution is 9.10. The molecule has 3 fully saturated rings. The van der Waals surface area contributed by atoms with Gasteiger partial charge in [0.1, 0.15) is 0 Å². The number of benzene rings is 1. The molecule has 0 saturated carbocycles. The fraction of sp³-hybridized carbons (Fsp3) is 0.667. The molecule has 154 valence electrons. The highest BCUT2D eigenvalue weighted by atomic mass is 79.9. The summed E-state index contributed by atoms with van der Waals surface area (Å²) in [6.45, 7) is 6.36. The van der Waals surface area contributed by atoms with Crippen LogP contribution in [0, 0.1) is 0 Å². The Balaban J connectivity index is 1.47. The first kappa shape index (κ1) is 20.3. The van der Waals surface area contributed by atoms with Crippen molar-refractivity contribution in [3.8, 4) is 0 Å². The third kappa shape index (κ3) is 4.28. The van der Waals surface area contributed by atoms with E-state index in [0.717, 1.165) is 50.0 Å². The van der Waals surface area contributed by atoms with E-state index >= 15 is 0 Å². The average Bonchev–Trinajstić information content (AvgIpc) is 2.69. The number of ether oxygens (including phenoxy) is 1. The van der Waals surface area contributed by atoms with Gasteiger partial charge < -0.3 is 14.7 Å². The van der Waals surface area contributed by atoms with Gasteiger partial charge in [-0.2, -0.15) is 0 Å². The van der Waals surface area contributed by atoms with Gasteiger partial charge in [0.05, 0.1) is 26.4 Å². The Labute approximate surface area is 175 Å². The molecule has 3 heterocycles. The van der Waals surface area contributed by atoms with Gasteiger partial charge >= 0.3 is 0 Å². The lowest BCUT2D eigenvalue weighted by molar-refractivity contribution is -0.138.